The molecule has 0 radical (unpaired) electrons. The molecule has 0 saturated heterocycles. The zero-order valence-corrected chi connectivity index (χ0v) is 14.0. The number of amides is 1. The summed E-state index contributed by atoms with van der Waals surface area (Å²) in [5.74, 6) is -0.933. The number of ether oxygens (including phenoxy) is 1. The molecule has 2 aromatic rings. The lowest BCUT2D eigenvalue weighted by molar-refractivity contribution is -0.119. The van der Waals surface area contributed by atoms with Gasteiger partial charge in [0.15, 0.2) is 6.61 Å². The third-order valence-corrected chi connectivity index (χ3v) is 3.78. The summed E-state index contributed by atoms with van der Waals surface area (Å²) >= 11 is 6.60. The van der Waals surface area contributed by atoms with E-state index in [-0.39, 0.29) is 6.61 Å². The molecule has 0 aliphatic rings. The standard InChI is InChI=1S/C15H11Br2NO3/c16-11-7-5-10(6-8-11)15(20)21-9-14(19)18-13-4-2-1-3-12(13)17/h1-8H,9H2,(H,18,19). The number of nitrogens with one attached hydrogen (secondary N) is 1. The summed E-state index contributed by atoms with van der Waals surface area (Å²) in [6.45, 7) is -0.337. The molecule has 21 heavy (non-hydrogen) atoms. The zero-order chi connectivity index (χ0) is 15.2. The SMILES string of the molecule is O=C(COC(=O)c1ccc(Br)cc1)Nc1ccccc1Br. The molecule has 6 heteroatoms. The van der Waals surface area contributed by atoms with Gasteiger partial charge in [0.2, 0.25) is 0 Å². The Morgan fingerprint density at radius 3 is 2.33 bits per heavy atom. The van der Waals surface area contributed by atoms with E-state index in [1.165, 1.54) is 0 Å². The first-order valence-corrected chi connectivity index (χ1v) is 7.62. The predicted octanol–water partition coefficient (Wildman–Crippen LogP) is 4.01. The van der Waals surface area contributed by atoms with Crippen molar-refractivity contribution in [3.63, 3.8) is 0 Å². The van der Waals surface area contributed by atoms with Gasteiger partial charge in [-0.1, -0.05) is 28.1 Å². The van der Waals surface area contributed by atoms with Gasteiger partial charge < -0.3 is 10.1 Å². The summed E-state index contributed by atoms with van der Waals surface area (Å²) < 4.78 is 6.59. The maximum absolute atomic E-state index is 11.8. The summed E-state index contributed by atoms with van der Waals surface area (Å²) in [4.78, 5) is 23.5. The highest BCUT2D eigenvalue weighted by molar-refractivity contribution is 9.10. The number of esters is 1. The highest BCUT2D eigenvalue weighted by Gasteiger charge is 2.11. The number of rotatable bonds is 4. The summed E-state index contributed by atoms with van der Waals surface area (Å²) in [6, 6.07) is 13.9. The van der Waals surface area contributed by atoms with Crippen LogP contribution in [0.2, 0.25) is 0 Å². The van der Waals surface area contributed by atoms with Crippen LogP contribution in [-0.2, 0) is 9.53 Å². The maximum Gasteiger partial charge on any atom is 0.338 e. The fourth-order valence-corrected chi connectivity index (χ4v) is 2.20. The first-order chi connectivity index (χ1) is 10.1. The smallest absolute Gasteiger partial charge is 0.338 e. The number of para-hydroxylation sites is 1. The lowest BCUT2D eigenvalue weighted by Crippen LogP contribution is -2.21. The topological polar surface area (TPSA) is 55.4 Å². The molecule has 2 aromatic carbocycles. The molecule has 4 nitrogen and oxygen atoms in total. The molecule has 1 amide bonds. The summed E-state index contributed by atoms with van der Waals surface area (Å²) in [5.41, 5.74) is 1.02. The number of carbonyl (C=O) groups excluding carboxylic acids is 2. The van der Waals surface area contributed by atoms with E-state index in [0.29, 0.717) is 11.3 Å². The van der Waals surface area contributed by atoms with Gasteiger partial charge in [-0.3, -0.25) is 4.79 Å². The van der Waals surface area contributed by atoms with Crippen LogP contribution in [0.15, 0.2) is 57.5 Å². The second-order valence-electron chi connectivity index (χ2n) is 4.11. The van der Waals surface area contributed by atoms with Crippen LogP contribution in [0.1, 0.15) is 10.4 Å². The molecule has 0 atom stereocenters. The van der Waals surface area contributed by atoms with Crippen molar-refractivity contribution in [1.29, 1.82) is 0 Å². The number of benzene rings is 2. The van der Waals surface area contributed by atoms with Gasteiger partial charge in [0.05, 0.1) is 11.3 Å². The molecule has 0 aliphatic heterocycles. The monoisotopic (exact) mass is 411 g/mol. The average molecular weight is 413 g/mol. The Kier molecular flexibility index (Phi) is 5.52. The molecule has 2 rings (SSSR count). The third-order valence-electron chi connectivity index (χ3n) is 2.56. The van der Waals surface area contributed by atoms with Crippen LogP contribution in [0.25, 0.3) is 0 Å². The quantitative estimate of drug-likeness (QED) is 0.772. The van der Waals surface area contributed by atoms with Crippen LogP contribution in [-0.4, -0.2) is 18.5 Å². The average Bonchev–Trinajstić information content (AvgIpc) is 2.48. The Morgan fingerprint density at radius 2 is 1.67 bits per heavy atom. The molecule has 0 saturated carbocycles. The highest BCUT2D eigenvalue weighted by atomic mass is 79.9. The molecule has 0 spiro atoms. The van der Waals surface area contributed by atoms with Crippen LogP contribution in [0.5, 0.6) is 0 Å². The fraction of sp³-hybridized carbons (Fsp3) is 0.0667. The predicted molar refractivity (Wildman–Crippen MR) is 87.2 cm³/mol. The van der Waals surface area contributed by atoms with Crippen LogP contribution in [0.3, 0.4) is 0 Å². The Hall–Kier alpha value is -1.66. The van der Waals surface area contributed by atoms with Crippen LogP contribution in [0, 0.1) is 0 Å². The van der Waals surface area contributed by atoms with E-state index in [4.69, 9.17) is 4.74 Å². The lowest BCUT2D eigenvalue weighted by Gasteiger charge is -2.08. The minimum Gasteiger partial charge on any atom is -0.452 e. The first kappa shape index (κ1) is 15.7. The van der Waals surface area contributed by atoms with Gasteiger partial charge in [-0.2, -0.15) is 0 Å². The van der Waals surface area contributed by atoms with Crippen LogP contribution >= 0.6 is 31.9 Å². The van der Waals surface area contributed by atoms with Crippen LogP contribution in [0.4, 0.5) is 5.69 Å². The second kappa shape index (κ2) is 7.38. The van der Waals surface area contributed by atoms with Gasteiger partial charge in [-0.25, -0.2) is 4.79 Å². The number of hydrogen-bond donors (Lipinski definition) is 1. The Morgan fingerprint density at radius 1 is 1.00 bits per heavy atom. The Balaban J connectivity index is 1.88. The van der Waals surface area contributed by atoms with E-state index in [1.54, 1.807) is 36.4 Å². The lowest BCUT2D eigenvalue weighted by atomic mass is 10.2. The van der Waals surface area contributed by atoms with Crippen LogP contribution < -0.4 is 5.32 Å². The zero-order valence-electron chi connectivity index (χ0n) is 10.8. The highest BCUT2D eigenvalue weighted by Crippen LogP contribution is 2.21. The molecular formula is C15H11Br2NO3. The Labute approximate surface area is 138 Å². The van der Waals surface area contributed by atoms with E-state index in [2.05, 4.69) is 37.2 Å². The van der Waals surface area contributed by atoms with E-state index in [0.717, 1.165) is 8.95 Å². The van der Waals surface area contributed by atoms with E-state index in [9.17, 15) is 9.59 Å². The number of anilines is 1. The molecule has 1 N–H and O–H groups in total. The second-order valence-corrected chi connectivity index (χ2v) is 5.88. The number of halogens is 2. The van der Waals surface area contributed by atoms with Crippen molar-refractivity contribution in [3.8, 4) is 0 Å². The molecular weight excluding hydrogens is 402 g/mol. The first-order valence-electron chi connectivity index (χ1n) is 6.03. The van der Waals surface area contributed by atoms with Gasteiger partial charge >= 0.3 is 5.97 Å². The summed E-state index contributed by atoms with van der Waals surface area (Å²) in [6.07, 6.45) is 0. The van der Waals surface area contributed by atoms with Gasteiger partial charge in [0.1, 0.15) is 0 Å². The minimum absolute atomic E-state index is 0.337. The van der Waals surface area contributed by atoms with Gasteiger partial charge in [0.25, 0.3) is 5.91 Å². The molecule has 0 aliphatic carbocycles. The Bertz CT molecular complexity index is 656. The van der Waals surface area contributed by atoms with Crippen molar-refractivity contribution in [1.82, 2.24) is 0 Å². The van der Waals surface area contributed by atoms with Gasteiger partial charge in [-0.05, 0) is 52.3 Å². The molecule has 0 heterocycles. The van der Waals surface area contributed by atoms with Gasteiger partial charge in [-0.15, -0.1) is 0 Å². The normalized spacial score (nSPS) is 10.0. The van der Waals surface area contributed by atoms with Crippen molar-refractivity contribution in [2.45, 2.75) is 0 Å². The number of hydrogen-bond acceptors (Lipinski definition) is 3. The summed E-state index contributed by atoms with van der Waals surface area (Å²) in [5, 5.41) is 2.66. The third kappa shape index (κ3) is 4.68. The molecule has 0 unspecified atom stereocenters. The van der Waals surface area contributed by atoms with E-state index >= 15 is 0 Å². The molecule has 0 fully saturated rings. The van der Waals surface area contributed by atoms with Crippen molar-refractivity contribution >= 4 is 49.4 Å². The fourth-order valence-electron chi connectivity index (χ4n) is 1.55. The van der Waals surface area contributed by atoms with Crippen molar-refractivity contribution in [2.75, 3.05) is 11.9 Å². The minimum atomic E-state index is -0.537. The van der Waals surface area contributed by atoms with Crippen molar-refractivity contribution in [2.24, 2.45) is 0 Å². The number of carbonyl (C=O) groups is 2. The largest absolute Gasteiger partial charge is 0.452 e. The van der Waals surface area contributed by atoms with Crippen molar-refractivity contribution < 1.29 is 14.3 Å². The van der Waals surface area contributed by atoms with Crippen molar-refractivity contribution in [3.05, 3.63) is 63.0 Å². The molecule has 0 aromatic heterocycles. The van der Waals surface area contributed by atoms with E-state index < -0.39 is 11.9 Å². The van der Waals surface area contributed by atoms with E-state index in [1.807, 2.05) is 12.1 Å². The van der Waals surface area contributed by atoms with Gasteiger partial charge in [0, 0.05) is 8.95 Å². The molecule has 108 valence electrons. The molecule has 0 bridgehead atoms. The maximum atomic E-state index is 11.8. The summed E-state index contributed by atoms with van der Waals surface area (Å²) in [7, 11) is 0.